The van der Waals surface area contributed by atoms with Gasteiger partial charge in [0.05, 0.1) is 5.41 Å². The Kier molecular flexibility index (Phi) is 6.41. The van der Waals surface area contributed by atoms with Gasteiger partial charge in [0.25, 0.3) is 0 Å². The Morgan fingerprint density at radius 2 is 1.90 bits per heavy atom. The van der Waals surface area contributed by atoms with Crippen LogP contribution in [0.4, 0.5) is 4.79 Å². The Bertz CT molecular complexity index is 393. The fourth-order valence-corrected chi connectivity index (χ4v) is 2.16. The molecule has 3 amide bonds. The largest absolute Gasteiger partial charge is 0.481 e. The minimum absolute atomic E-state index is 0.0365. The van der Waals surface area contributed by atoms with Gasteiger partial charge in [0.15, 0.2) is 0 Å². The van der Waals surface area contributed by atoms with Crippen molar-refractivity contribution in [3.8, 4) is 0 Å². The molecule has 0 spiro atoms. The van der Waals surface area contributed by atoms with E-state index in [0.29, 0.717) is 32.6 Å². The number of urea groups is 1. The SMILES string of the molecule is CCN(CC(=O)NC)C(=O)NCC1(C(=O)O)CCOCC1. The molecule has 1 aliphatic rings. The molecule has 21 heavy (non-hydrogen) atoms. The molecule has 1 fully saturated rings. The van der Waals surface area contributed by atoms with Gasteiger partial charge >= 0.3 is 12.0 Å². The van der Waals surface area contributed by atoms with Crippen molar-refractivity contribution in [2.75, 3.05) is 39.9 Å². The van der Waals surface area contributed by atoms with E-state index < -0.39 is 17.4 Å². The fourth-order valence-electron chi connectivity index (χ4n) is 2.16. The van der Waals surface area contributed by atoms with Crippen LogP contribution in [0.5, 0.6) is 0 Å². The van der Waals surface area contributed by atoms with Crippen LogP contribution < -0.4 is 10.6 Å². The zero-order valence-electron chi connectivity index (χ0n) is 12.5. The topological polar surface area (TPSA) is 108 Å². The molecule has 0 radical (unpaired) electrons. The van der Waals surface area contributed by atoms with Gasteiger partial charge in [0.1, 0.15) is 6.54 Å². The molecule has 1 heterocycles. The number of carboxylic acids is 1. The number of hydrogen-bond donors (Lipinski definition) is 3. The van der Waals surface area contributed by atoms with Crippen molar-refractivity contribution >= 4 is 17.9 Å². The molecule has 3 N–H and O–H groups in total. The number of likely N-dealkylation sites (N-methyl/N-ethyl adjacent to an activating group) is 2. The molecule has 1 saturated heterocycles. The van der Waals surface area contributed by atoms with Crippen LogP contribution in [0.15, 0.2) is 0 Å². The van der Waals surface area contributed by atoms with Crippen molar-refractivity contribution in [1.29, 1.82) is 0 Å². The fraction of sp³-hybridized carbons (Fsp3) is 0.769. The van der Waals surface area contributed by atoms with Crippen molar-refractivity contribution in [3.05, 3.63) is 0 Å². The molecule has 8 nitrogen and oxygen atoms in total. The molecule has 0 aromatic heterocycles. The second kappa shape index (κ2) is 7.82. The number of carbonyl (C=O) groups is 3. The van der Waals surface area contributed by atoms with E-state index in [1.54, 1.807) is 6.92 Å². The predicted molar refractivity (Wildman–Crippen MR) is 74.8 cm³/mol. The Balaban J connectivity index is 2.59. The first-order valence-electron chi connectivity index (χ1n) is 6.99. The summed E-state index contributed by atoms with van der Waals surface area (Å²) in [4.78, 5) is 36.2. The molecule has 0 aliphatic carbocycles. The van der Waals surface area contributed by atoms with Crippen LogP contribution in [0.2, 0.25) is 0 Å². The van der Waals surface area contributed by atoms with E-state index in [0.717, 1.165) is 0 Å². The van der Waals surface area contributed by atoms with Crippen LogP contribution in [0.1, 0.15) is 19.8 Å². The Morgan fingerprint density at radius 1 is 1.29 bits per heavy atom. The molecule has 120 valence electrons. The van der Waals surface area contributed by atoms with Gasteiger partial charge in [0.2, 0.25) is 5.91 Å². The van der Waals surface area contributed by atoms with Crippen molar-refractivity contribution < 1.29 is 24.2 Å². The lowest BCUT2D eigenvalue weighted by atomic mass is 9.80. The zero-order valence-corrected chi connectivity index (χ0v) is 12.5. The van der Waals surface area contributed by atoms with Crippen LogP contribution in [-0.2, 0) is 14.3 Å². The van der Waals surface area contributed by atoms with E-state index in [1.807, 2.05) is 0 Å². The summed E-state index contributed by atoms with van der Waals surface area (Å²) in [5.74, 6) is -1.20. The summed E-state index contributed by atoms with van der Waals surface area (Å²) in [7, 11) is 1.50. The van der Waals surface area contributed by atoms with Crippen molar-refractivity contribution in [2.45, 2.75) is 19.8 Å². The van der Waals surface area contributed by atoms with E-state index in [1.165, 1.54) is 11.9 Å². The van der Waals surface area contributed by atoms with Gasteiger partial charge < -0.3 is 25.4 Å². The Hall–Kier alpha value is -1.83. The van der Waals surface area contributed by atoms with Gasteiger partial charge in [-0.3, -0.25) is 9.59 Å². The molecule has 0 atom stereocenters. The van der Waals surface area contributed by atoms with Gasteiger partial charge in [-0.15, -0.1) is 0 Å². The first-order valence-corrected chi connectivity index (χ1v) is 6.99. The van der Waals surface area contributed by atoms with Crippen molar-refractivity contribution in [3.63, 3.8) is 0 Å². The van der Waals surface area contributed by atoms with E-state index >= 15 is 0 Å². The highest BCUT2D eigenvalue weighted by atomic mass is 16.5. The summed E-state index contributed by atoms with van der Waals surface area (Å²) in [6, 6.07) is -0.437. The lowest BCUT2D eigenvalue weighted by Gasteiger charge is -2.33. The number of nitrogens with zero attached hydrogens (tertiary/aromatic N) is 1. The predicted octanol–water partition coefficient (Wildman–Crippen LogP) is -0.355. The van der Waals surface area contributed by atoms with Gasteiger partial charge in [-0.2, -0.15) is 0 Å². The summed E-state index contributed by atoms with van der Waals surface area (Å²) in [6.45, 7) is 2.85. The third-order valence-corrected chi connectivity index (χ3v) is 3.76. The smallest absolute Gasteiger partial charge is 0.317 e. The van der Waals surface area contributed by atoms with E-state index in [-0.39, 0.29) is 19.0 Å². The summed E-state index contributed by atoms with van der Waals surface area (Å²) in [5, 5.41) is 14.5. The second-order valence-electron chi connectivity index (χ2n) is 5.04. The van der Waals surface area contributed by atoms with Crippen LogP contribution in [0.25, 0.3) is 0 Å². The number of aliphatic carboxylic acids is 1. The Labute approximate surface area is 123 Å². The molecule has 0 saturated carbocycles. The lowest BCUT2D eigenvalue weighted by molar-refractivity contribution is -0.154. The van der Waals surface area contributed by atoms with E-state index in [9.17, 15) is 19.5 Å². The maximum Gasteiger partial charge on any atom is 0.317 e. The number of hydrogen-bond acceptors (Lipinski definition) is 4. The Morgan fingerprint density at radius 3 is 2.38 bits per heavy atom. The number of ether oxygens (including phenoxy) is 1. The number of rotatable bonds is 6. The first kappa shape index (κ1) is 17.2. The maximum atomic E-state index is 12.0. The molecular formula is C13H23N3O5. The highest BCUT2D eigenvalue weighted by Gasteiger charge is 2.40. The molecule has 0 bridgehead atoms. The van der Waals surface area contributed by atoms with Crippen LogP contribution >= 0.6 is 0 Å². The normalized spacial score (nSPS) is 16.9. The van der Waals surface area contributed by atoms with Gasteiger partial charge in [-0.25, -0.2) is 4.79 Å². The number of amides is 3. The molecule has 0 aromatic carbocycles. The van der Waals surface area contributed by atoms with Crippen LogP contribution in [0, 0.1) is 5.41 Å². The molecule has 1 rings (SSSR count). The van der Waals surface area contributed by atoms with E-state index in [2.05, 4.69) is 10.6 Å². The first-order chi connectivity index (χ1) is 9.95. The maximum absolute atomic E-state index is 12.0. The van der Waals surface area contributed by atoms with Crippen LogP contribution in [0.3, 0.4) is 0 Å². The average molecular weight is 301 g/mol. The minimum Gasteiger partial charge on any atom is -0.481 e. The quantitative estimate of drug-likeness (QED) is 0.621. The van der Waals surface area contributed by atoms with Crippen molar-refractivity contribution in [2.24, 2.45) is 5.41 Å². The zero-order chi connectivity index (χ0) is 15.9. The van der Waals surface area contributed by atoms with Crippen molar-refractivity contribution in [1.82, 2.24) is 15.5 Å². The molecule has 0 unspecified atom stereocenters. The minimum atomic E-state index is -0.986. The summed E-state index contributed by atoms with van der Waals surface area (Å²) in [5.41, 5.74) is -0.986. The molecular weight excluding hydrogens is 278 g/mol. The third-order valence-electron chi connectivity index (χ3n) is 3.76. The third kappa shape index (κ3) is 4.59. The van der Waals surface area contributed by atoms with Gasteiger partial charge in [-0.1, -0.05) is 0 Å². The molecule has 1 aliphatic heterocycles. The monoisotopic (exact) mass is 301 g/mol. The number of nitrogens with one attached hydrogen (secondary N) is 2. The standard InChI is InChI=1S/C13H23N3O5/c1-3-16(8-10(17)14-2)12(20)15-9-13(11(18)19)4-6-21-7-5-13/h3-9H2,1-2H3,(H,14,17)(H,15,20)(H,18,19). The summed E-state index contributed by atoms with van der Waals surface area (Å²) in [6.07, 6.45) is 0.731. The van der Waals surface area contributed by atoms with Crippen LogP contribution in [-0.4, -0.2) is 67.8 Å². The van der Waals surface area contributed by atoms with Gasteiger partial charge in [-0.05, 0) is 19.8 Å². The molecule has 0 aromatic rings. The highest BCUT2D eigenvalue weighted by Crippen LogP contribution is 2.30. The summed E-state index contributed by atoms with van der Waals surface area (Å²) >= 11 is 0. The number of carboxylic acid groups (broad SMARTS) is 1. The average Bonchev–Trinajstić information content (AvgIpc) is 2.50. The number of carbonyl (C=O) groups excluding carboxylic acids is 2. The lowest BCUT2D eigenvalue weighted by Crippen LogP contribution is -2.51. The summed E-state index contributed by atoms with van der Waals surface area (Å²) < 4.78 is 5.18. The van der Waals surface area contributed by atoms with E-state index in [4.69, 9.17) is 4.74 Å². The van der Waals surface area contributed by atoms with Gasteiger partial charge in [0, 0.05) is 33.4 Å². The highest BCUT2D eigenvalue weighted by molar-refractivity contribution is 5.84. The molecule has 8 heteroatoms. The second-order valence-corrected chi connectivity index (χ2v) is 5.04.